The maximum absolute atomic E-state index is 11.7. The number of hydrogen-bond acceptors (Lipinski definition) is 5. The smallest absolute Gasteiger partial charge is 0.347 e. The maximum atomic E-state index is 11.7. The van der Waals surface area contributed by atoms with Gasteiger partial charge in [-0.05, 0) is 18.6 Å². The lowest BCUT2D eigenvalue weighted by molar-refractivity contribution is 0.394. The number of nitrogens with zero attached hydrogens (tertiary/aromatic N) is 1. The van der Waals surface area contributed by atoms with Gasteiger partial charge in [0.2, 0.25) is 0 Å². The van der Waals surface area contributed by atoms with Gasteiger partial charge in [0.15, 0.2) is 0 Å². The normalized spacial score (nSPS) is 12.7. The van der Waals surface area contributed by atoms with Gasteiger partial charge in [-0.1, -0.05) is 0 Å². The molecule has 1 aromatic carbocycles. The van der Waals surface area contributed by atoms with Crippen molar-refractivity contribution in [2.24, 2.45) is 0 Å². The van der Waals surface area contributed by atoms with E-state index >= 15 is 0 Å². The van der Waals surface area contributed by atoms with Crippen LogP contribution in [-0.2, 0) is 6.42 Å². The van der Waals surface area contributed by atoms with E-state index in [1.807, 2.05) is 12.1 Å². The lowest BCUT2D eigenvalue weighted by atomic mass is 10.0. The van der Waals surface area contributed by atoms with Crippen molar-refractivity contribution in [3.05, 3.63) is 34.2 Å². The zero-order chi connectivity index (χ0) is 14.1. The molecule has 6 heteroatoms. The van der Waals surface area contributed by atoms with Crippen LogP contribution in [0.1, 0.15) is 5.56 Å². The maximum Gasteiger partial charge on any atom is 0.347 e. The first-order valence-electron chi connectivity index (χ1n) is 6.32. The molecular weight excluding hydrogens is 258 g/mol. The SMILES string of the molecule is COc1cc(OC)cc(-c2[nH]c(=O)nc3c2CCN3)c1. The topological polar surface area (TPSA) is 76.2 Å². The molecule has 1 aliphatic rings. The van der Waals surface area contributed by atoms with Crippen LogP contribution < -0.4 is 20.5 Å². The number of fused-ring (bicyclic) bond motifs is 1. The minimum Gasteiger partial charge on any atom is -0.497 e. The van der Waals surface area contributed by atoms with Gasteiger partial charge < -0.3 is 19.8 Å². The van der Waals surface area contributed by atoms with Gasteiger partial charge in [-0.25, -0.2) is 4.79 Å². The Morgan fingerprint density at radius 2 is 1.85 bits per heavy atom. The van der Waals surface area contributed by atoms with Crippen molar-refractivity contribution in [2.75, 3.05) is 26.1 Å². The molecule has 20 heavy (non-hydrogen) atoms. The van der Waals surface area contributed by atoms with Crippen LogP contribution in [0.25, 0.3) is 11.3 Å². The van der Waals surface area contributed by atoms with Crippen LogP contribution in [-0.4, -0.2) is 30.7 Å². The third kappa shape index (κ3) is 2.09. The van der Waals surface area contributed by atoms with Crippen molar-refractivity contribution >= 4 is 5.82 Å². The lowest BCUT2D eigenvalue weighted by Gasteiger charge is -2.11. The predicted octanol–water partition coefficient (Wildman–Crippen LogP) is 1.42. The molecule has 0 atom stereocenters. The highest BCUT2D eigenvalue weighted by Gasteiger charge is 2.19. The Hall–Kier alpha value is -2.50. The molecule has 0 fully saturated rings. The Bertz CT molecular complexity index is 687. The van der Waals surface area contributed by atoms with E-state index < -0.39 is 0 Å². The highest BCUT2D eigenvalue weighted by Crippen LogP contribution is 2.33. The van der Waals surface area contributed by atoms with Crippen molar-refractivity contribution in [3.8, 4) is 22.8 Å². The van der Waals surface area contributed by atoms with E-state index in [4.69, 9.17) is 9.47 Å². The summed E-state index contributed by atoms with van der Waals surface area (Å²) in [5.74, 6) is 2.01. The summed E-state index contributed by atoms with van der Waals surface area (Å²) in [7, 11) is 3.19. The Morgan fingerprint density at radius 1 is 1.15 bits per heavy atom. The zero-order valence-corrected chi connectivity index (χ0v) is 11.3. The molecule has 0 saturated carbocycles. The van der Waals surface area contributed by atoms with Gasteiger partial charge in [-0.2, -0.15) is 4.98 Å². The summed E-state index contributed by atoms with van der Waals surface area (Å²) < 4.78 is 10.5. The minimum atomic E-state index is -0.366. The zero-order valence-electron chi connectivity index (χ0n) is 11.3. The van der Waals surface area contributed by atoms with Gasteiger partial charge in [0.1, 0.15) is 17.3 Å². The highest BCUT2D eigenvalue weighted by molar-refractivity contribution is 5.72. The summed E-state index contributed by atoms with van der Waals surface area (Å²) in [6.07, 6.45) is 0.827. The van der Waals surface area contributed by atoms with Crippen molar-refractivity contribution < 1.29 is 9.47 Å². The van der Waals surface area contributed by atoms with Crippen LogP contribution in [0.5, 0.6) is 11.5 Å². The molecule has 0 unspecified atom stereocenters. The molecule has 0 radical (unpaired) electrons. The first kappa shape index (κ1) is 12.5. The number of anilines is 1. The number of aromatic nitrogens is 2. The second kappa shape index (κ2) is 4.88. The standard InChI is InChI=1S/C14H15N3O3/c1-19-9-5-8(6-10(7-9)20-2)12-11-3-4-15-13(11)17-14(18)16-12/h5-7H,3-4H2,1-2H3,(H2,15,16,17,18). The molecule has 0 amide bonds. The van der Waals surface area contributed by atoms with Crippen LogP contribution in [0.4, 0.5) is 5.82 Å². The molecule has 0 spiro atoms. The van der Waals surface area contributed by atoms with Crippen molar-refractivity contribution in [3.63, 3.8) is 0 Å². The van der Waals surface area contributed by atoms with E-state index in [-0.39, 0.29) is 5.69 Å². The number of H-pyrrole nitrogens is 1. The highest BCUT2D eigenvalue weighted by atomic mass is 16.5. The van der Waals surface area contributed by atoms with Crippen molar-refractivity contribution in [1.29, 1.82) is 0 Å². The molecule has 2 N–H and O–H groups in total. The van der Waals surface area contributed by atoms with Crippen molar-refractivity contribution in [1.82, 2.24) is 9.97 Å². The number of methoxy groups -OCH3 is 2. The number of rotatable bonds is 3. The molecule has 2 heterocycles. The third-order valence-electron chi connectivity index (χ3n) is 3.34. The van der Waals surface area contributed by atoms with E-state index in [1.165, 1.54) is 0 Å². The fraction of sp³-hybridized carbons (Fsp3) is 0.286. The molecule has 6 nitrogen and oxygen atoms in total. The first-order chi connectivity index (χ1) is 9.71. The molecule has 1 aromatic heterocycles. The Morgan fingerprint density at radius 3 is 2.50 bits per heavy atom. The van der Waals surface area contributed by atoms with Gasteiger partial charge in [0, 0.05) is 23.7 Å². The van der Waals surface area contributed by atoms with E-state index in [2.05, 4.69) is 15.3 Å². The average molecular weight is 273 g/mol. The van der Waals surface area contributed by atoms with Crippen LogP contribution >= 0.6 is 0 Å². The fourth-order valence-corrected chi connectivity index (χ4v) is 2.39. The summed E-state index contributed by atoms with van der Waals surface area (Å²) in [6.45, 7) is 0.785. The van der Waals surface area contributed by atoms with Gasteiger partial charge in [0.25, 0.3) is 0 Å². The fourth-order valence-electron chi connectivity index (χ4n) is 2.39. The Labute approximate surface area is 115 Å². The van der Waals surface area contributed by atoms with Gasteiger partial charge in [-0.15, -0.1) is 0 Å². The number of ether oxygens (including phenoxy) is 2. The van der Waals surface area contributed by atoms with Gasteiger partial charge >= 0.3 is 5.69 Å². The quantitative estimate of drug-likeness (QED) is 0.884. The van der Waals surface area contributed by atoms with Crippen LogP contribution in [0, 0.1) is 0 Å². The largest absolute Gasteiger partial charge is 0.497 e. The van der Waals surface area contributed by atoms with Crippen molar-refractivity contribution in [2.45, 2.75) is 6.42 Å². The monoisotopic (exact) mass is 273 g/mol. The number of aromatic amines is 1. The first-order valence-corrected chi connectivity index (χ1v) is 6.32. The second-order valence-electron chi connectivity index (χ2n) is 4.52. The van der Waals surface area contributed by atoms with E-state index in [0.717, 1.165) is 29.8 Å². The summed E-state index contributed by atoms with van der Waals surface area (Å²) in [5.41, 5.74) is 2.26. The van der Waals surface area contributed by atoms with Gasteiger partial charge in [-0.3, -0.25) is 0 Å². The summed E-state index contributed by atoms with van der Waals surface area (Å²) >= 11 is 0. The molecule has 0 bridgehead atoms. The van der Waals surface area contributed by atoms with E-state index in [9.17, 15) is 4.79 Å². The van der Waals surface area contributed by atoms with E-state index in [0.29, 0.717) is 17.3 Å². The molecule has 0 aliphatic carbocycles. The van der Waals surface area contributed by atoms with Crippen LogP contribution in [0.3, 0.4) is 0 Å². The molecule has 104 valence electrons. The minimum absolute atomic E-state index is 0.366. The third-order valence-corrected chi connectivity index (χ3v) is 3.34. The molecule has 2 aromatic rings. The summed E-state index contributed by atoms with van der Waals surface area (Å²) in [5, 5.41) is 3.11. The van der Waals surface area contributed by atoms with Gasteiger partial charge in [0.05, 0.1) is 19.9 Å². The summed E-state index contributed by atoms with van der Waals surface area (Å²) in [4.78, 5) is 18.4. The molecule has 0 saturated heterocycles. The molecule has 3 rings (SSSR count). The second-order valence-corrected chi connectivity index (χ2v) is 4.52. The Balaban J connectivity index is 2.21. The predicted molar refractivity (Wildman–Crippen MR) is 75.6 cm³/mol. The number of benzene rings is 1. The van der Waals surface area contributed by atoms with E-state index in [1.54, 1.807) is 20.3 Å². The van der Waals surface area contributed by atoms with Crippen LogP contribution in [0.15, 0.2) is 23.0 Å². The van der Waals surface area contributed by atoms with Crippen LogP contribution in [0.2, 0.25) is 0 Å². The molecule has 1 aliphatic heterocycles. The number of hydrogen-bond donors (Lipinski definition) is 2. The Kier molecular flexibility index (Phi) is 3.06. The number of nitrogens with one attached hydrogen (secondary N) is 2. The average Bonchev–Trinajstić information content (AvgIpc) is 2.93. The molecular formula is C14H15N3O3. The summed E-state index contributed by atoms with van der Waals surface area (Å²) in [6, 6.07) is 5.53. The lowest BCUT2D eigenvalue weighted by Crippen LogP contribution is -2.13.